The molecule has 2 aliphatic rings. The van der Waals surface area contributed by atoms with Gasteiger partial charge in [-0.1, -0.05) is 0 Å². The molecule has 0 amide bonds. The smallest absolute Gasteiger partial charge is 0.303 e. The number of piperidine rings is 1. The molecule has 0 N–H and O–H groups in total. The summed E-state index contributed by atoms with van der Waals surface area (Å²) in [5, 5.41) is 0. The molecular weight excluding hydrogens is 378 g/mol. The molecule has 0 aliphatic carbocycles. The molecule has 0 spiro atoms. The standard InChI is InChI=1S/C14H26F2N2O5S2/c15-24(19,20)10-7-18(8-11-25(16,21)22)13-3-5-17(6-4-13)12-14-2-1-9-23-14/h13-14H,1-12H2. The lowest BCUT2D eigenvalue weighted by molar-refractivity contribution is 0.0500. The van der Waals surface area contributed by atoms with Crippen LogP contribution < -0.4 is 0 Å². The highest BCUT2D eigenvalue weighted by atomic mass is 32.3. The van der Waals surface area contributed by atoms with Gasteiger partial charge in [0.25, 0.3) is 0 Å². The minimum Gasteiger partial charge on any atom is -0.377 e. The first-order valence-corrected chi connectivity index (χ1v) is 11.7. The zero-order valence-electron chi connectivity index (χ0n) is 14.1. The van der Waals surface area contributed by atoms with Crippen LogP contribution in [0.4, 0.5) is 7.77 Å². The molecule has 2 aliphatic heterocycles. The van der Waals surface area contributed by atoms with Crippen molar-refractivity contribution < 1.29 is 29.3 Å². The van der Waals surface area contributed by atoms with Crippen molar-refractivity contribution in [3.05, 3.63) is 0 Å². The molecule has 0 aromatic carbocycles. The van der Waals surface area contributed by atoms with E-state index >= 15 is 0 Å². The van der Waals surface area contributed by atoms with E-state index in [0.29, 0.717) is 12.8 Å². The van der Waals surface area contributed by atoms with Crippen LogP contribution in [0.15, 0.2) is 0 Å². The number of nitrogens with zero attached hydrogens (tertiary/aromatic N) is 2. The fourth-order valence-electron chi connectivity index (χ4n) is 3.47. The Bertz CT molecular complexity index is 579. The van der Waals surface area contributed by atoms with Gasteiger partial charge >= 0.3 is 20.4 Å². The monoisotopic (exact) mass is 404 g/mol. The van der Waals surface area contributed by atoms with Gasteiger partial charge in [-0.3, -0.25) is 4.90 Å². The normalized spacial score (nSPS) is 24.2. The number of halogens is 2. The van der Waals surface area contributed by atoms with Crippen LogP contribution in [-0.4, -0.2) is 89.6 Å². The minimum atomic E-state index is -4.65. The van der Waals surface area contributed by atoms with Crippen molar-refractivity contribution in [1.82, 2.24) is 9.80 Å². The zero-order valence-corrected chi connectivity index (χ0v) is 15.8. The highest BCUT2D eigenvalue weighted by Crippen LogP contribution is 2.20. The molecule has 7 nitrogen and oxygen atoms in total. The van der Waals surface area contributed by atoms with E-state index in [0.717, 1.165) is 39.1 Å². The predicted molar refractivity (Wildman–Crippen MR) is 89.8 cm³/mol. The first-order valence-electron chi connectivity index (χ1n) is 8.55. The summed E-state index contributed by atoms with van der Waals surface area (Å²) >= 11 is 0. The van der Waals surface area contributed by atoms with E-state index in [-0.39, 0.29) is 25.2 Å². The summed E-state index contributed by atoms with van der Waals surface area (Å²) in [7, 11) is -9.30. The van der Waals surface area contributed by atoms with Gasteiger partial charge in [-0.15, -0.1) is 7.77 Å². The summed E-state index contributed by atoms with van der Waals surface area (Å²) in [5.41, 5.74) is 0. The maximum atomic E-state index is 12.8. The molecule has 0 saturated carbocycles. The van der Waals surface area contributed by atoms with Crippen molar-refractivity contribution in [3.8, 4) is 0 Å². The Balaban J connectivity index is 1.85. The molecule has 2 saturated heterocycles. The molecule has 0 radical (unpaired) electrons. The highest BCUT2D eigenvalue weighted by molar-refractivity contribution is 7.86. The zero-order chi connectivity index (χ0) is 18.5. The van der Waals surface area contributed by atoms with Crippen molar-refractivity contribution in [2.75, 3.05) is 50.8 Å². The Kier molecular flexibility index (Phi) is 7.56. The highest BCUT2D eigenvalue weighted by Gasteiger charge is 2.28. The Morgan fingerprint density at radius 3 is 1.96 bits per heavy atom. The molecule has 148 valence electrons. The molecule has 2 fully saturated rings. The number of hydrogen-bond acceptors (Lipinski definition) is 7. The van der Waals surface area contributed by atoms with E-state index in [1.807, 2.05) is 0 Å². The van der Waals surface area contributed by atoms with Crippen molar-refractivity contribution in [2.45, 2.75) is 37.8 Å². The fourth-order valence-corrected chi connectivity index (χ4v) is 4.38. The van der Waals surface area contributed by atoms with E-state index in [4.69, 9.17) is 4.74 Å². The van der Waals surface area contributed by atoms with Gasteiger partial charge in [-0.2, -0.15) is 16.8 Å². The van der Waals surface area contributed by atoms with E-state index in [1.54, 1.807) is 4.90 Å². The maximum absolute atomic E-state index is 12.8. The lowest BCUT2D eigenvalue weighted by atomic mass is 10.0. The van der Waals surface area contributed by atoms with E-state index in [1.165, 1.54) is 0 Å². The lowest BCUT2D eigenvalue weighted by Gasteiger charge is -2.38. The molecule has 1 unspecified atom stereocenters. The van der Waals surface area contributed by atoms with Crippen molar-refractivity contribution in [2.24, 2.45) is 0 Å². The third-order valence-corrected chi connectivity index (χ3v) is 6.14. The van der Waals surface area contributed by atoms with Crippen LogP contribution in [0.25, 0.3) is 0 Å². The van der Waals surface area contributed by atoms with Crippen LogP contribution in [-0.2, 0) is 25.2 Å². The molecule has 25 heavy (non-hydrogen) atoms. The van der Waals surface area contributed by atoms with Crippen molar-refractivity contribution in [3.63, 3.8) is 0 Å². The fraction of sp³-hybridized carbons (Fsp3) is 1.00. The number of rotatable bonds is 9. The van der Waals surface area contributed by atoms with Gasteiger partial charge in [0.2, 0.25) is 0 Å². The molecule has 0 bridgehead atoms. The summed E-state index contributed by atoms with van der Waals surface area (Å²) in [6.07, 6.45) is 3.77. The second kappa shape index (κ2) is 9.03. The SMILES string of the molecule is O=S(=O)(F)CCN(CCS(=O)(=O)F)C1CCN(CC2CCCO2)CC1. The third-order valence-electron chi connectivity index (χ3n) is 4.80. The average Bonchev–Trinajstić information content (AvgIpc) is 2.99. The number of hydrogen-bond donors (Lipinski definition) is 0. The Labute approximate surface area is 148 Å². The van der Waals surface area contributed by atoms with Crippen LogP contribution in [0.1, 0.15) is 25.7 Å². The van der Waals surface area contributed by atoms with Crippen molar-refractivity contribution >= 4 is 20.4 Å². The van der Waals surface area contributed by atoms with E-state index in [2.05, 4.69) is 4.90 Å². The third kappa shape index (κ3) is 8.25. The van der Waals surface area contributed by atoms with Gasteiger partial charge in [-0.05, 0) is 38.8 Å². The van der Waals surface area contributed by atoms with E-state index < -0.39 is 32.0 Å². The number of likely N-dealkylation sites (tertiary alicyclic amines) is 1. The minimum absolute atomic E-state index is 0.0794. The first-order chi connectivity index (χ1) is 11.6. The quantitative estimate of drug-likeness (QED) is 0.518. The molecular formula is C14H26F2N2O5S2. The summed E-state index contributed by atoms with van der Waals surface area (Å²) in [6, 6.07) is -0.0794. The lowest BCUT2D eigenvalue weighted by Crippen LogP contribution is -2.48. The molecule has 2 heterocycles. The summed E-state index contributed by atoms with van der Waals surface area (Å²) in [5.74, 6) is -1.43. The van der Waals surface area contributed by atoms with Gasteiger partial charge in [0.1, 0.15) is 0 Å². The number of ether oxygens (including phenoxy) is 1. The topological polar surface area (TPSA) is 84.0 Å². The second-order valence-electron chi connectivity index (χ2n) is 6.69. The van der Waals surface area contributed by atoms with Gasteiger partial charge in [-0.25, -0.2) is 0 Å². The Morgan fingerprint density at radius 2 is 1.52 bits per heavy atom. The van der Waals surface area contributed by atoms with Crippen LogP contribution in [0.3, 0.4) is 0 Å². The maximum Gasteiger partial charge on any atom is 0.303 e. The largest absolute Gasteiger partial charge is 0.377 e. The van der Waals surface area contributed by atoms with Crippen LogP contribution in [0.2, 0.25) is 0 Å². The summed E-state index contributed by atoms with van der Waals surface area (Å²) < 4.78 is 74.3. The molecule has 0 aromatic rings. The molecule has 11 heteroatoms. The van der Waals surface area contributed by atoms with Crippen LogP contribution >= 0.6 is 0 Å². The second-order valence-corrected chi connectivity index (χ2v) is 9.66. The first kappa shape index (κ1) is 20.9. The summed E-state index contributed by atoms with van der Waals surface area (Å²) in [6.45, 7) is 2.92. The predicted octanol–water partition coefficient (Wildman–Crippen LogP) is 0.530. The van der Waals surface area contributed by atoms with Gasteiger partial charge in [0.15, 0.2) is 0 Å². The van der Waals surface area contributed by atoms with Gasteiger partial charge in [0.05, 0.1) is 17.6 Å². The summed E-state index contributed by atoms with van der Waals surface area (Å²) in [4.78, 5) is 3.85. The van der Waals surface area contributed by atoms with E-state index in [9.17, 15) is 24.6 Å². The Hall–Kier alpha value is -0.360. The van der Waals surface area contributed by atoms with Gasteiger partial charge < -0.3 is 9.64 Å². The van der Waals surface area contributed by atoms with Crippen LogP contribution in [0, 0.1) is 0 Å². The van der Waals surface area contributed by atoms with Crippen LogP contribution in [0.5, 0.6) is 0 Å². The van der Waals surface area contributed by atoms with Gasteiger partial charge in [0, 0.05) is 32.3 Å². The molecule has 0 aromatic heterocycles. The van der Waals surface area contributed by atoms with Crippen molar-refractivity contribution in [1.29, 1.82) is 0 Å². The Morgan fingerprint density at radius 1 is 0.960 bits per heavy atom. The molecule has 2 rings (SSSR count). The molecule has 1 atom stereocenters. The average molecular weight is 405 g/mol.